The minimum Gasteiger partial charge on any atom is -0.458 e. The second-order valence-corrected chi connectivity index (χ2v) is 5.02. The summed E-state index contributed by atoms with van der Waals surface area (Å²) < 4.78 is 18.0. The number of esters is 1. The van der Waals surface area contributed by atoms with E-state index in [-0.39, 0.29) is 12.5 Å². The molecular weight excluding hydrogens is 255 g/mol. The van der Waals surface area contributed by atoms with Crippen molar-refractivity contribution in [3.05, 3.63) is 48.0 Å². The third-order valence-corrected chi connectivity index (χ3v) is 3.32. The summed E-state index contributed by atoms with van der Waals surface area (Å²) in [5, 5.41) is -1.56. The number of carbonyl (C=O) groups excluding carboxylic acids is 1. The van der Waals surface area contributed by atoms with Crippen LogP contribution >= 0.6 is 11.6 Å². The first-order valence-electron chi connectivity index (χ1n) is 5.83. The Morgan fingerprint density at radius 2 is 2.17 bits per heavy atom. The molecule has 0 radical (unpaired) electrons. The van der Waals surface area contributed by atoms with Gasteiger partial charge in [0.2, 0.25) is 0 Å². The van der Waals surface area contributed by atoms with Crippen LogP contribution in [0.3, 0.4) is 0 Å². The first-order valence-corrected chi connectivity index (χ1v) is 6.21. The fourth-order valence-corrected chi connectivity index (χ4v) is 1.91. The normalized spacial score (nSPS) is 26.2. The third kappa shape index (κ3) is 3.84. The molecule has 0 saturated heterocycles. The number of hydrogen-bond acceptors (Lipinski definition) is 2. The van der Waals surface area contributed by atoms with Gasteiger partial charge in [0.1, 0.15) is 6.61 Å². The molecule has 0 bridgehead atoms. The highest BCUT2D eigenvalue weighted by atomic mass is 35.5. The maximum Gasteiger partial charge on any atom is 0.330 e. The lowest BCUT2D eigenvalue weighted by Gasteiger charge is -2.01. The highest BCUT2D eigenvalue weighted by Crippen LogP contribution is 2.52. The minimum atomic E-state index is -1.56. The van der Waals surface area contributed by atoms with Crippen molar-refractivity contribution in [1.82, 2.24) is 0 Å². The number of alkyl halides is 2. The number of benzene rings is 1. The SMILES string of the molecule is O=C(/C=C/CC1CC1(F)Cl)OCc1ccccc1. The lowest BCUT2D eigenvalue weighted by molar-refractivity contribution is -0.139. The molecule has 1 saturated carbocycles. The molecule has 2 unspecified atom stereocenters. The minimum absolute atomic E-state index is 0.169. The Morgan fingerprint density at radius 1 is 1.50 bits per heavy atom. The van der Waals surface area contributed by atoms with Crippen LogP contribution < -0.4 is 0 Å². The van der Waals surface area contributed by atoms with E-state index < -0.39 is 11.1 Å². The summed E-state index contributed by atoms with van der Waals surface area (Å²) in [4.78, 5) is 11.3. The van der Waals surface area contributed by atoms with E-state index in [1.54, 1.807) is 6.08 Å². The van der Waals surface area contributed by atoms with Crippen LogP contribution in [0.1, 0.15) is 18.4 Å². The van der Waals surface area contributed by atoms with Crippen LogP contribution in [0.5, 0.6) is 0 Å². The molecule has 0 aliphatic heterocycles. The van der Waals surface area contributed by atoms with Gasteiger partial charge in [-0.05, 0) is 12.0 Å². The predicted octanol–water partition coefficient (Wildman–Crippen LogP) is 3.60. The molecule has 0 N–H and O–H groups in total. The van der Waals surface area contributed by atoms with Crippen molar-refractivity contribution in [2.75, 3.05) is 0 Å². The Balaban J connectivity index is 1.68. The van der Waals surface area contributed by atoms with Gasteiger partial charge in [-0.3, -0.25) is 0 Å². The van der Waals surface area contributed by atoms with Gasteiger partial charge >= 0.3 is 5.97 Å². The molecule has 1 fully saturated rings. The van der Waals surface area contributed by atoms with Crippen LogP contribution in [-0.2, 0) is 16.1 Å². The molecule has 0 heterocycles. The number of hydrogen-bond donors (Lipinski definition) is 0. The molecule has 18 heavy (non-hydrogen) atoms. The van der Waals surface area contributed by atoms with E-state index in [0.29, 0.717) is 12.8 Å². The zero-order chi connectivity index (χ0) is 13.0. The van der Waals surface area contributed by atoms with E-state index in [4.69, 9.17) is 16.3 Å². The van der Waals surface area contributed by atoms with Crippen LogP contribution in [0, 0.1) is 5.92 Å². The van der Waals surface area contributed by atoms with Crippen molar-refractivity contribution >= 4 is 17.6 Å². The second kappa shape index (κ2) is 5.53. The molecule has 2 atom stereocenters. The quantitative estimate of drug-likeness (QED) is 0.463. The van der Waals surface area contributed by atoms with Crippen molar-refractivity contribution in [1.29, 1.82) is 0 Å². The van der Waals surface area contributed by atoms with E-state index >= 15 is 0 Å². The topological polar surface area (TPSA) is 26.3 Å². The van der Waals surface area contributed by atoms with E-state index in [1.807, 2.05) is 30.3 Å². The van der Waals surface area contributed by atoms with Gasteiger partial charge in [0.25, 0.3) is 0 Å². The number of carbonyl (C=O) groups is 1. The molecular formula is C14H14ClFO2. The summed E-state index contributed by atoms with van der Waals surface area (Å²) in [7, 11) is 0. The Hall–Kier alpha value is -1.35. The lowest BCUT2D eigenvalue weighted by atomic mass is 10.2. The van der Waals surface area contributed by atoms with Gasteiger partial charge in [-0.25, -0.2) is 9.18 Å². The zero-order valence-electron chi connectivity index (χ0n) is 9.81. The fraction of sp³-hybridized carbons (Fsp3) is 0.357. The molecule has 0 aromatic heterocycles. The first kappa shape index (κ1) is 13.1. The highest BCUT2D eigenvalue weighted by Gasteiger charge is 2.52. The van der Waals surface area contributed by atoms with E-state index in [1.165, 1.54) is 6.08 Å². The smallest absolute Gasteiger partial charge is 0.330 e. The summed E-state index contributed by atoms with van der Waals surface area (Å²) in [5.74, 6) is -0.587. The van der Waals surface area contributed by atoms with Crippen LogP contribution in [0.4, 0.5) is 4.39 Å². The number of ether oxygens (including phenoxy) is 1. The second-order valence-electron chi connectivity index (χ2n) is 4.39. The molecule has 0 spiro atoms. The highest BCUT2D eigenvalue weighted by molar-refractivity contribution is 6.25. The van der Waals surface area contributed by atoms with Crippen LogP contribution in [0.2, 0.25) is 0 Å². The van der Waals surface area contributed by atoms with E-state index in [9.17, 15) is 9.18 Å². The molecule has 96 valence electrons. The number of halogens is 2. The summed E-state index contributed by atoms with van der Waals surface area (Å²) in [6.07, 6.45) is 3.77. The van der Waals surface area contributed by atoms with Crippen LogP contribution in [-0.4, -0.2) is 11.1 Å². The van der Waals surface area contributed by atoms with E-state index in [0.717, 1.165) is 5.56 Å². The summed E-state index contributed by atoms with van der Waals surface area (Å²) in [5.41, 5.74) is 0.935. The fourth-order valence-electron chi connectivity index (χ4n) is 1.63. The monoisotopic (exact) mass is 268 g/mol. The van der Waals surface area contributed by atoms with Crippen molar-refractivity contribution < 1.29 is 13.9 Å². The largest absolute Gasteiger partial charge is 0.458 e. The molecule has 1 aliphatic carbocycles. The Morgan fingerprint density at radius 3 is 2.78 bits per heavy atom. The van der Waals surface area contributed by atoms with Crippen molar-refractivity contribution in [2.24, 2.45) is 5.92 Å². The summed E-state index contributed by atoms with van der Waals surface area (Å²) in [6.45, 7) is 0.246. The number of allylic oxidation sites excluding steroid dienone is 1. The lowest BCUT2D eigenvalue weighted by Crippen LogP contribution is -2.00. The van der Waals surface area contributed by atoms with Crippen LogP contribution in [0.15, 0.2) is 42.5 Å². The average Bonchev–Trinajstić information content (AvgIpc) is 2.96. The molecule has 4 heteroatoms. The van der Waals surface area contributed by atoms with Crippen LogP contribution in [0.25, 0.3) is 0 Å². The van der Waals surface area contributed by atoms with Gasteiger partial charge in [0.05, 0.1) is 0 Å². The van der Waals surface area contributed by atoms with Gasteiger partial charge in [-0.15, -0.1) is 0 Å². The Kier molecular flexibility index (Phi) is 4.02. The summed E-state index contributed by atoms with van der Waals surface area (Å²) >= 11 is 5.45. The molecule has 1 aromatic rings. The maximum absolute atomic E-state index is 13.0. The van der Waals surface area contributed by atoms with Gasteiger partial charge in [0, 0.05) is 18.4 Å². The van der Waals surface area contributed by atoms with Gasteiger partial charge in [0.15, 0.2) is 5.13 Å². The summed E-state index contributed by atoms with van der Waals surface area (Å²) in [6, 6.07) is 9.43. The molecule has 0 amide bonds. The molecule has 2 rings (SSSR count). The molecule has 1 aromatic carbocycles. The predicted molar refractivity (Wildman–Crippen MR) is 67.8 cm³/mol. The third-order valence-electron chi connectivity index (χ3n) is 2.85. The Bertz CT molecular complexity index is 442. The maximum atomic E-state index is 13.0. The number of rotatable bonds is 5. The van der Waals surface area contributed by atoms with Gasteiger partial charge in [-0.2, -0.15) is 0 Å². The van der Waals surface area contributed by atoms with Crippen molar-refractivity contribution in [3.63, 3.8) is 0 Å². The van der Waals surface area contributed by atoms with Crippen molar-refractivity contribution in [2.45, 2.75) is 24.6 Å². The zero-order valence-corrected chi connectivity index (χ0v) is 10.6. The Labute approximate surface area is 110 Å². The van der Waals surface area contributed by atoms with Gasteiger partial charge < -0.3 is 4.74 Å². The average molecular weight is 269 g/mol. The molecule has 1 aliphatic rings. The molecule has 2 nitrogen and oxygen atoms in total. The first-order chi connectivity index (χ1) is 8.58. The van der Waals surface area contributed by atoms with Gasteiger partial charge in [-0.1, -0.05) is 48.0 Å². The van der Waals surface area contributed by atoms with E-state index in [2.05, 4.69) is 0 Å². The van der Waals surface area contributed by atoms with Crippen molar-refractivity contribution in [3.8, 4) is 0 Å². The standard InChI is InChI=1S/C14H14ClFO2/c15-14(16)9-12(14)7-4-8-13(17)18-10-11-5-2-1-3-6-11/h1-6,8,12H,7,9-10H2/b8-4+.